The van der Waals surface area contributed by atoms with Gasteiger partial charge in [-0.3, -0.25) is 4.99 Å². The first-order valence-electron chi connectivity index (χ1n) is 10.1. The number of guanidine groups is 1. The van der Waals surface area contributed by atoms with E-state index in [4.69, 9.17) is 0 Å². The van der Waals surface area contributed by atoms with Crippen molar-refractivity contribution < 1.29 is 0 Å². The fourth-order valence-electron chi connectivity index (χ4n) is 4.03. The predicted molar refractivity (Wildman–Crippen MR) is 131 cm³/mol. The van der Waals surface area contributed by atoms with Gasteiger partial charge in [-0.25, -0.2) is 0 Å². The number of nitrogens with zero attached hydrogens (tertiary/aromatic N) is 5. The van der Waals surface area contributed by atoms with Gasteiger partial charge >= 0.3 is 0 Å². The third-order valence-electron chi connectivity index (χ3n) is 5.55. The Morgan fingerprint density at radius 2 is 2.07 bits per heavy atom. The molecule has 1 saturated heterocycles. The average Bonchev–Trinajstić information content (AvgIpc) is 3.25. The van der Waals surface area contributed by atoms with Gasteiger partial charge in [0.05, 0.1) is 12.2 Å². The maximum Gasteiger partial charge on any atom is 0.191 e. The van der Waals surface area contributed by atoms with Gasteiger partial charge in [-0.05, 0) is 47.3 Å². The average molecular weight is 574 g/mol. The fourth-order valence-corrected chi connectivity index (χ4v) is 4.57. The fraction of sp³-hybridized carbons (Fsp3) is 0.550. The van der Waals surface area contributed by atoms with Crippen LogP contribution >= 0.6 is 39.9 Å². The second-order valence-electron chi connectivity index (χ2n) is 7.45. The number of hydrogen-bond donors (Lipinski definition) is 2. The molecule has 0 amide bonds. The van der Waals surface area contributed by atoms with Crippen LogP contribution in [-0.4, -0.2) is 46.9 Å². The summed E-state index contributed by atoms with van der Waals surface area (Å²) in [5, 5.41) is 15.8. The first kappa shape index (κ1) is 22.3. The Kier molecular flexibility index (Phi) is 8.16. The summed E-state index contributed by atoms with van der Waals surface area (Å²) in [5.74, 6) is 2.95. The van der Waals surface area contributed by atoms with Gasteiger partial charge in [0, 0.05) is 43.6 Å². The zero-order chi connectivity index (χ0) is 19.3. The summed E-state index contributed by atoms with van der Waals surface area (Å²) in [6, 6.07) is 8.77. The summed E-state index contributed by atoms with van der Waals surface area (Å²) >= 11 is 3.66. The SMILES string of the molecule is CN=C(NCc1nnc2n1CCCCC2)NC1CCN(c2ccccc2Br)C1.I. The highest BCUT2D eigenvalue weighted by Gasteiger charge is 2.24. The van der Waals surface area contributed by atoms with Gasteiger partial charge < -0.3 is 20.1 Å². The van der Waals surface area contributed by atoms with Crippen molar-refractivity contribution in [1.29, 1.82) is 0 Å². The molecule has 2 aromatic rings. The van der Waals surface area contributed by atoms with Crippen LogP contribution < -0.4 is 15.5 Å². The number of aryl methyl sites for hydroxylation is 1. The molecule has 1 aromatic heterocycles. The number of hydrogen-bond acceptors (Lipinski definition) is 4. The molecule has 4 rings (SSSR count). The molecule has 1 fully saturated rings. The maximum absolute atomic E-state index is 4.41. The Morgan fingerprint density at radius 3 is 2.90 bits per heavy atom. The lowest BCUT2D eigenvalue weighted by Gasteiger charge is -2.21. The molecule has 29 heavy (non-hydrogen) atoms. The van der Waals surface area contributed by atoms with Crippen LogP contribution in [0, 0.1) is 0 Å². The van der Waals surface area contributed by atoms with E-state index < -0.39 is 0 Å². The van der Waals surface area contributed by atoms with Crippen LogP contribution in [0.15, 0.2) is 33.7 Å². The summed E-state index contributed by atoms with van der Waals surface area (Å²) in [6.07, 6.45) is 5.81. The van der Waals surface area contributed by atoms with Crippen LogP contribution in [0.2, 0.25) is 0 Å². The molecular formula is C20H29BrIN7. The lowest BCUT2D eigenvalue weighted by Crippen LogP contribution is -2.44. The molecule has 0 bridgehead atoms. The van der Waals surface area contributed by atoms with Crippen molar-refractivity contribution in [3.63, 3.8) is 0 Å². The second kappa shape index (κ2) is 10.6. The molecular weight excluding hydrogens is 545 g/mol. The van der Waals surface area contributed by atoms with E-state index in [1.54, 1.807) is 0 Å². The van der Waals surface area contributed by atoms with Gasteiger partial charge in [0.2, 0.25) is 0 Å². The number of rotatable bonds is 4. The van der Waals surface area contributed by atoms with Crippen molar-refractivity contribution in [1.82, 2.24) is 25.4 Å². The highest BCUT2D eigenvalue weighted by Crippen LogP contribution is 2.28. The Balaban J connectivity index is 0.00000240. The topological polar surface area (TPSA) is 70.4 Å². The Bertz CT molecular complexity index is 838. The molecule has 3 heterocycles. The van der Waals surface area contributed by atoms with E-state index in [1.165, 1.54) is 24.9 Å². The van der Waals surface area contributed by atoms with E-state index in [0.29, 0.717) is 12.6 Å². The van der Waals surface area contributed by atoms with E-state index in [9.17, 15) is 0 Å². The van der Waals surface area contributed by atoms with Crippen LogP contribution in [0.1, 0.15) is 37.3 Å². The smallest absolute Gasteiger partial charge is 0.191 e. The minimum absolute atomic E-state index is 0. The second-order valence-corrected chi connectivity index (χ2v) is 8.30. The number of aromatic nitrogens is 3. The first-order valence-corrected chi connectivity index (χ1v) is 10.9. The van der Waals surface area contributed by atoms with E-state index in [0.717, 1.165) is 54.6 Å². The van der Waals surface area contributed by atoms with Gasteiger partial charge in [0.15, 0.2) is 11.8 Å². The molecule has 1 unspecified atom stereocenters. The molecule has 7 nitrogen and oxygen atoms in total. The molecule has 0 radical (unpaired) electrons. The highest BCUT2D eigenvalue weighted by atomic mass is 127. The van der Waals surface area contributed by atoms with Gasteiger partial charge in [0.1, 0.15) is 5.82 Å². The molecule has 2 N–H and O–H groups in total. The molecule has 0 spiro atoms. The lowest BCUT2D eigenvalue weighted by molar-refractivity contribution is 0.591. The van der Waals surface area contributed by atoms with Crippen LogP contribution in [0.25, 0.3) is 0 Å². The Morgan fingerprint density at radius 1 is 1.21 bits per heavy atom. The van der Waals surface area contributed by atoms with Gasteiger partial charge in [0.25, 0.3) is 0 Å². The maximum atomic E-state index is 4.41. The van der Waals surface area contributed by atoms with Gasteiger partial charge in [-0.15, -0.1) is 34.2 Å². The predicted octanol–water partition coefficient (Wildman–Crippen LogP) is 3.33. The summed E-state index contributed by atoms with van der Waals surface area (Å²) in [5.41, 5.74) is 1.25. The van der Waals surface area contributed by atoms with Crippen LogP contribution in [0.3, 0.4) is 0 Å². The highest BCUT2D eigenvalue weighted by molar-refractivity contribution is 14.0. The third kappa shape index (κ3) is 5.42. The van der Waals surface area contributed by atoms with Crippen molar-refractivity contribution in [2.75, 3.05) is 25.0 Å². The largest absolute Gasteiger partial charge is 0.368 e. The number of anilines is 1. The molecule has 1 atom stereocenters. The van der Waals surface area contributed by atoms with E-state index >= 15 is 0 Å². The van der Waals surface area contributed by atoms with Crippen molar-refractivity contribution in [3.8, 4) is 0 Å². The van der Waals surface area contributed by atoms with Crippen molar-refractivity contribution in [2.45, 2.75) is 51.2 Å². The Hall–Kier alpha value is -1.36. The summed E-state index contributed by atoms with van der Waals surface area (Å²) in [6.45, 7) is 3.67. The monoisotopic (exact) mass is 573 g/mol. The summed E-state index contributed by atoms with van der Waals surface area (Å²) in [7, 11) is 1.82. The van der Waals surface area contributed by atoms with E-state index in [2.05, 4.69) is 75.5 Å². The first-order chi connectivity index (χ1) is 13.7. The van der Waals surface area contributed by atoms with Crippen LogP contribution in [0.4, 0.5) is 5.69 Å². The lowest BCUT2D eigenvalue weighted by atomic mass is 10.2. The third-order valence-corrected chi connectivity index (χ3v) is 6.22. The quantitative estimate of drug-likeness (QED) is 0.334. The Labute approximate surface area is 197 Å². The zero-order valence-electron chi connectivity index (χ0n) is 16.8. The molecule has 2 aliphatic rings. The van der Waals surface area contributed by atoms with Gasteiger partial charge in [-0.2, -0.15) is 0 Å². The number of benzene rings is 1. The number of para-hydroxylation sites is 1. The number of fused-ring (bicyclic) bond motifs is 1. The normalized spacial score (nSPS) is 19.3. The van der Waals surface area contributed by atoms with Crippen molar-refractivity contribution >= 4 is 51.6 Å². The molecule has 0 aliphatic carbocycles. The molecule has 158 valence electrons. The summed E-state index contributed by atoms with van der Waals surface area (Å²) < 4.78 is 3.42. The van der Waals surface area contributed by atoms with Crippen molar-refractivity contribution in [3.05, 3.63) is 40.4 Å². The van der Waals surface area contributed by atoms with E-state index in [-0.39, 0.29) is 24.0 Å². The molecule has 1 aromatic carbocycles. The molecule has 0 saturated carbocycles. The van der Waals surface area contributed by atoms with Crippen LogP contribution in [-0.2, 0) is 19.5 Å². The van der Waals surface area contributed by atoms with Crippen LogP contribution in [0.5, 0.6) is 0 Å². The minimum atomic E-state index is 0. The number of nitrogens with one attached hydrogen (secondary N) is 2. The molecule has 2 aliphatic heterocycles. The van der Waals surface area contributed by atoms with E-state index in [1.807, 2.05) is 7.05 Å². The van der Waals surface area contributed by atoms with Crippen molar-refractivity contribution in [2.24, 2.45) is 4.99 Å². The zero-order valence-corrected chi connectivity index (χ0v) is 20.7. The van der Waals surface area contributed by atoms with Gasteiger partial charge in [-0.1, -0.05) is 18.6 Å². The number of aliphatic imine (C=N–C) groups is 1. The number of halogens is 2. The standard InChI is InChI=1S/C20H28BrN7.HI/c1-22-20(23-13-19-26-25-18-9-3-2-6-11-28(18)19)24-15-10-12-27(14-15)17-8-5-4-7-16(17)21;/h4-5,7-8,15H,2-3,6,9-14H2,1H3,(H2,22,23,24);1H. The minimum Gasteiger partial charge on any atom is -0.368 e. The summed E-state index contributed by atoms with van der Waals surface area (Å²) in [4.78, 5) is 6.82. The molecule has 9 heteroatoms.